The molecule has 1 N–H and O–H groups in total. The predicted molar refractivity (Wildman–Crippen MR) is 25.2 cm³/mol. The van der Waals surface area contributed by atoms with Crippen LogP contribution in [-0.2, 0) is 9.09 Å². The van der Waals surface area contributed by atoms with Gasteiger partial charge in [-0.15, -0.1) is 0 Å². The van der Waals surface area contributed by atoms with Gasteiger partial charge in [0.05, 0.1) is 20.5 Å². The molecule has 0 aromatic rings. The minimum Gasteiger partial charge on any atom is -0.790 e. The molecule has 0 saturated heterocycles. The number of phosphoric ester groups is 1. The van der Waals surface area contributed by atoms with Crippen molar-refractivity contribution in [3.8, 4) is 0 Å². The monoisotopic (exact) mass is 154 g/mol. The van der Waals surface area contributed by atoms with E-state index in [1.165, 1.54) is 6.92 Å². The molecule has 0 aliphatic rings. The van der Waals surface area contributed by atoms with Gasteiger partial charge >= 0.3 is 0 Å². The van der Waals surface area contributed by atoms with E-state index in [-0.39, 0.29) is 0 Å². The lowest BCUT2D eigenvalue weighted by atomic mass is 10.5. The van der Waals surface area contributed by atoms with Crippen molar-refractivity contribution in [1.29, 1.82) is 0 Å². The van der Waals surface area contributed by atoms with Gasteiger partial charge in [0.15, 0.2) is 0 Å². The van der Waals surface area contributed by atoms with Crippen LogP contribution in [0, 0.1) is 0 Å². The van der Waals surface area contributed by atoms with Crippen LogP contribution in [0.25, 0.3) is 0 Å². The molecule has 0 aliphatic carbocycles. The molecule has 0 aromatic heterocycles. The molecular weight excluding hydrogens is 147 g/mol. The first-order chi connectivity index (χ1) is 3.92. The van der Waals surface area contributed by atoms with Crippen LogP contribution in [0.4, 0.5) is 0 Å². The molecule has 0 aromatic carbocycles. The third-order valence-electron chi connectivity index (χ3n) is 0.474. The van der Waals surface area contributed by atoms with Crippen molar-refractivity contribution in [3.05, 3.63) is 0 Å². The van der Waals surface area contributed by atoms with Crippen molar-refractivity contribution in [1.82, 2.24) is 0 Å². The fourth-order valence-electron chi connectivity index (χ4n) is 0.199. The molecule has 0 bridgehead atoms. The molecule has 0 fully saturated rings. The van der Waals surface area contributed by atoms with Gasteiger partial charge in [0, 0.05) is 0 Å². The van der Waals surface area contributed by atoms with E-state index in [9.17, 15) is 14.4 Å². The fourth-order valence-corrected chi connectivity index (χ4v) is 0.597. The molecule has 0 aliphatic heterocycles. The summed E-state index contributed by atoms with van der Waals surface area (Å²) in [5.41, 5.74) is 0. The number of aliphatic hydroxyl groups excluding tert-OH is 1. The molecule has 0 spiro atoms. The lowest BCUT2D eigenvalue weighted by Gasteiger charge is -2.28. The smallest absolute Gasteiger partial charge is 0.0775 e. The van der Waals surface area contributed by atoms with Crippen molar-refractivity contribution in [2.75, 3.05) is 6.61 Å². The molecule has 6 heteroatoms. The van der Waals surface area contributed by atoms with Crippen LogP contribution in [0.1, 0.15) is 6.92 Å². The predicted octanol–water partition coefficient (Wildman–Crippen LogP) is -1.79. The zero-order valence-corrected chi connectivity index (χ0v) is 5.71. The van der Waals surface area contributed by atoms with Gasteiger partial charge in [0.2, 0.25) is 0 Å². The molecule has 0 rings (SSSR count). The second-order valence-corrected chi connectivity index (χ2v) is 2.74. The van der Waals surface area contributed by atoms with E-state index in [1.54, 1.807) is 0 Å². The maximum atomic E-state index is 9.67. The summed E-state index contributed by atoms with van der Waals surface area (Å²) < 4.78 is 13.4. The Hall–Kier alpha value is 0.0700. The second-order valence-electron chi connectivity index (χ2n) is 1.59. The molecular formula is C3H7O5P-2. The summed E-state index contributed by atoms with van der Waals surface area (Å²) in [5.74, 6) is 0. The molecule has 5 nitrogen and oxygen atoms in total. The van der Waals surface area contributed by atoms with E-state index in [1.807, 2.05) is 0 Å². The standard InChI is InChI=1S/C3H9O5P/c1-3(4)2-8-9(5,6)7/h3-4H,2H2,1H3,(H2,5,6,7)/p-2. The summed E-state index contributed by atoms with van der Waals surface area (Å²) in [6.45, 7) is 0.847. The fraction of sp³-hybridized carbons (Fsp3) is 1.00. The third-order valence-corrected chi connectivity index (χ3v) is 0.939. The summed E-state index contributed by atoms with van der Waals surface area (Å²) in [4.78, 5) is 19.3. The van der Waals surface area contributed by atoms with Gasteiger partial charge in [0.1, 0.15) is 0 Å². The first kappa shape index (κ1) is 9.07. The second kappa shape index (κ2) is 3.29. The van der Waals surface area contributed by atoms with Gasteiger partial charge in [0.25, 0.3) is 0 Å². The normalized spacial score (nSPS) is 15.6. The van der Waals surface area contributed by atoms with Gasteiger partial charge in [-0.05, 0) is 6.92 Å². The van der Waals surface area contributed by atoms with Crippen LogP contribution in [0.15, 0.2) is 0 Å². The minimum absolute atomic E-state index is 0.468. The van der Waals surface area contributed by atoms with Crippen molar-refractivity contribution < 1.29 is 24.0 Å². The van der Waals surface area contributed by atoms with E-state index in [2.05, 4.69) is 4.52 Å². The summed E-state index contributed by atoms with van der Waals surface area (Å²) in [6.07, 6.45) is -0.929. The summed E-state index contributed by atoms with van der Waals surface area (Å²) in [5, 5.41) is 8.39. The first-order valence-corrected chi connectivity index (χ1v) is 3.72. The van der Waals surface area contributed by atoms with Gasteiger partial charge in [-0.25, -0.2) is 0 Å². The average Bonchev–Trinajstić information content (AvgIpc) is 1.59. The number of phosphoric acid groups is 1. The quantitative estimate of drug-likeness (QED) is 0.484. The Labute approximate surface area is 52.5 Å². The highest BCUT2D eigenvalue weighted by molar-refractivity contribution is 7.43. The van der Waals surface area contributed by atoms with Crippen molar-refractivity contribution >= 4 is 7.82 Å². The van der Waals surface area contributed by atoms with E-state index >= 15 is 0 Å². The van der Waals surface area contributed by atoms with Crippen LogP contribution in [0.5, 0.6) is 0 Å². The number of aliphatic hydroxyl groups is 1. The Bertz CT molecular complexity index is 115. The van der Waals surface area contributed by atoms with Gasteiger partial charge in [-0.2, -0.15) is 0 Å². The van der Waals surface area contributed by atoms with Crippen molar-refractivity contribution in [3.63, 3.8) is 0 Å². The molecule has 0 saturated carbocycles. The highest BCUT2D eigenvalue weighted by Crippen LogP contribution is 2.23. The van der Waals surface area contributed by atoms with Gasteiger partial charge in [-0.3, -0.25) is 0 Å². The Balaban J connectivity index is 3.40. The van der Waals surface area contributed by atoms with Crippen LogP contribution in [0.3, 0.4) is 0 Å². The van der Waals surface area contributed by atoms with Crippen molar-refractivity contribution in [2.24, 2.45) is 0 Å². The largest absolute Gasteiger partial charge is 0.790 e. The van der Waals surface area contributed by atoms with Crippen LogP contribution in [-0.4, -0.2) is 17.8 Å². The van der Waals surface area contributed by atoms with E-state index in [0.29, 0.717) is 0 Å². The molecule has 0 amide bonds. The van der Waals surface area contributed by atoms with E-state index in [4.69, 9.17) is 5.11 Å². The summed E-state index contributed by atoms with van der Waals surface area (Å²) in [7, 11) is -4.88. The lowest BCUT2D eigenvalue weighted by molar-refractivity contribution is -0.342. The first-order valence-electron chi connectivity index (χ1n) is 2.26. The lowest BCUT2D eigenvalue weighted by Crippen LogP contribution is -2.20. The number of hydrogen-bond donors (Lipinski definition) is 1. The van der Waals surface area contributed by atoms with Gasteiger partial charge in [-0.1, -0.05) is 0 Å². The number of rotatable bonds is 3. The Morgan fingerprint density at radius 1 is 1.78 bits per heavy atom. The molecule has 1 atom stereocenters. The van der Waals surface area contributed by atoms with Crippen LogP contribution in [0.2, 0.25) is 0 Å². The van der Waals surface area contributed by atoms with Crippen LogP contribution >= 0.6 is 7.82 Å². The third kappa shape index (κ3) is 8.07. The summed E-state index contributed by atoms with van der Waals surface area (Å²) in [6, 6.07) is 0. The average molecular weight is 154 g/mol. The molecule has 9 heavy (non-hydrogen) atoms. The molecule has 0 heterocycles. The number of hydrogen-bond acceptors (Lipinski definition) is 5. The zero-order chi connectivity index (χ0) is 7.49. The summed E-state index contributed by atoms with van der Waals surface area (Å²) >= 11 is 0. The molecule has 1 unspecified atom stereocenters. The molecule has 0 radical (unpaired) electrons. The SMILES string of the molecule is CC(O)COP(=O)([O-])[O-]. The Morgan fingerprint density at radius 3 is 2.33 bits per heavy atom. The van der Waals surface area contributed by atoms with Crippen molar-refractivity contribution in [2.45, 2.75) is 13.0 Å². The van der Waals surface area contributed by atoms with Crippen LogP contribution < -0.4 is 9.79 Å². The highest BCUT2D eigenvalue weighted by Gasteiger charge is 1.95. The highest BCUT2D eigenvalue weighted by atomic mass is 31.2. The maximum Gasteiger partial charge on any atom is 0.0775 e. The Morgan fingerprint density at radius 2 is 2.22 bits per heavy atom. The maximum absolute atomic E-state index is 9.67. The van der Waals surface area contributed by atoms with E-state index in [0.717, 1.165) is 0 Å². The topological polar surface area (TPSA) is 92.7 Å². The zero-order valence-electron chi connectivity index (χ0n) is 4.81. The van der Waals surface area contributed by atoms with Gasteiger partial charge < -0.3 is 24.0 Å². The Kier molecular flexibility index (Phi) is 3.32. The molecule has 56 valence electrons. The minimum atomic E-state index is -4.88. The van der Waals surface area contributed by atoms with E-state index < -0.39 is 20.5 Å².